The van der Waals surface area contributed by atoms with Crippen molar-refractivity contribution in [1.82, 2.24) is 16.0 Å². The largest absolute Gasteiger partial charge is 0.481 e. The molecule has 0 aliphatic carbocycles. The van der Waals surface area contributed by atoms with Crippen molar-refractivity contribution in [3.8, 4) is 0 Å². The highest BCUT2D eigenvalue weighted by Crippen LogP contribution is 2.07. The van der Waals surface area contributed by atoms with E-state index in [1.165, 1.54) is 11.8 Å². The molecule has 0 aliphatic heterocycles. The fourth-order valence-corrected chi connectivity index (χ4v) is 2.80. The maximum Gasteiger partial charge on any atom is 0.326 e. The van der Waals surface area contributed by atoms with Crippen LogP contribution in [-0.4, -0.2) is 76.6 Å². The van der Waals surface area contributed by atoms with Gasteiger partial charge in [-0.25, -0.2) is 4.79 Å². The van der Waals surface area contributed by atoms with Gasteiger partial charge in [-0.15, -0.1) is 0 Å². The Morgan fingerprint density at radius 3 is 1.97 bits per heavy atom. The summed E-state index contributed by atoms with van der Waals surface area (Å²) in [7, 11) is 0. The Bertz CT molecular complexity index is 600. The molecule has 0 spiro atoms. The van der Waals surface area contributed by atoms with Crippen molar-refractivity contribution in [2.75, 3.05) is 18.6 Å². The van der Waals surface area contributed by atoms with E-state index in [4.69, 9.17) is 10.8 Å². The van der Waals surface area contributed by atoms with Crippen molar-refractivity contribution in [2.45, 2.75) is 51.2 Å². The number of carbonyl (C=O) groups is 5. The van der Waals surface area contributed by atoms with E-state index in [0.29, 0.717) is 5.75 Å². The van der Waals surface area contributed by atoms with Gasteiger partial charge < -0.3 is 31.9 Å². The molecule has 3 unspecified atom stereocenters. The molecule has 166 valence electrons. The van der Waals surface area contributed by atoms with Crippen LogP contribution in [0.5, 0.6) is 0 Å². The predicted molar refractivity (Wildman–Crippen MR) is 107 cm³/mol. The van der Waals surface area contributed by atoms with Crippen LogP contribution >= 0.6 is 11.8 Å². The van der Waals surface area contributed by atoms with Crippen molar-refractivity contribution in [3.63, 3.8) is 0 Å². The lowest BCUT2D eigenvalue weighted by Crippen LogP contribution is -2.57. The first-order chi connectivity index (χ1) is 13.5. The van der Waals surface area contributed by atoms with Gasteiger partial charge in [-0.05, 0) is 30.8 Å². The smallest absolute Gasteiger partial charge is 0.326 e. The standard InChI is InChI=1S/C17H30N4O7S/c1-9(2)14(21-12(22)8-18)16(26)19-10(6-7-29-3)15(25)20-11(17(27)28)4-5-13(23)24/h9-11,14H,4-8,18H2,1-3H3,(H,19,26)(H,20,25)(H,21,22)(H,23,24)(H,27,28). The van der Waals surface area contributed by atoms with Crippen molar-refractivity contribution >= 4 is 41.4 Å². The number of carboxylic acid groups (broad SMARTS) is 2. The van der Waals surface area contributed by atoms with Crippen LogP contribution in [0, 0.1) is 5.92 Å². The minimum absolute atomic E-state index is 0.222. The summed E-state index contributed by atoms with van der Waals surface area (Å²) >= 11 is 1.43. The quantitative estimate of drug-likeness (QED) is 0.194. The molecule has 0 aliphatic rings. The molecule has 0 fully saturated rings. The maximum atomic E-state index is 12.6. The van der Waals surface area contributed by atoms with E-state index >= 15 is 0 Å². The SMILES string of the molecule is CSCCC(NC(=O)C(NC(=O)CN)C(C)C)C(=O)NC(CCC(=O)O)C(=O)O. The molecule has 11 nitrogen and oxygen atoms in total. The van der Waals surface area contributed by atoms with Gasteiger partial charge in [0.25, 0.3) is 0 Å². The summed E-state index contributed by atoms with van der Waals surface area (Å²) in [6.45, 7) is 3.13. The third-order valence-electron chi connectivity index (χ3n) is 3.96. The van der Waals surface area contributed by atoms with Gasteiger partial charge in [-0.2, -0.15) is 11.8 Å². The lowest BCUT2D eigenvalue weighted by Gasteiger charge is -2.26. The zero-order valence-electron chi connectivity index (χ0n) is 16.8. The van der Waals surface area contributed by atoms with Gasteiger partial charge in [-0.1, -0.05) is 13.8 Å². The predicted octanol–water partition coefficient (Wildman–Crippen LogP) is -1.24. The lowest BCUT2D eigenvalue weighted by molar-refractivity contribution is -0.143. The second-order valence-corrected chi connectivity index (χ2v) is 7.65. The molecule has 29 heavy (non-hydrogen) atoms. The minimum Gasteiger partial charge on any atom is -0.481 e. The van der Waals surface area contributed by atoms with Crippen molar-refractivity contribution in [2.24, 2.45) is 11.7 Å². The minimum atomic E-state index is -1.40. The van der Waals surface area contributed by atoms with E-state index in [2.05, 4.69) is 16.0 Å². The summed E-state index contributed by atoms with van der Waals surface area (Å²) in [6.07, 6.45) is 1.31. The summed E-state index contributed by atoms with van der Waals surface area (Å²) < 4.78 is 0. The van der Waals surface area contributed by atoms with Crippen LogP contribution < -0.4 is 21.7 Å². The average Bonchev–Trinajstić information content (AvgIpc) is 2.64. The van der Waals surface area contributed by atoms with E-state index in [1.807, 2.05) is 6.26 Å². The van der Waals surface area contributed by atoms with Gasteiger partial charge in [0.05, 0.1) is 6.54 Å². The molecule has 0 aromatic carbocycles. The summed E-state index contributed by atoms with van der Waals surface area (Å²) in [5.41, 5.74) is 5.26. The number of nitrogens with two attached hydrogens (primary N) is 1. The number of carbonyl (C=O) groups excluding carboxylic acids is 3. The first-order valence-electron chi connectivity index (χ1n) is 9.07. The molecule has 0 heterocycles. The van der Waals surface area contributed by atoms with Gasteiger partial charge in [0.1, 0.15) is 18.1 Å². The molecule has 0 saturated carbocycles. The molecular formula is C17H30N4O7S. The Balaban J connectivity index is 5.26. The Kier molecular flexibility index (Phi) is 12.7. The van der Waals surface area contributed by atoms with Gasteiger partial charge in [0.2, 0.25) is 17.7 Å². The van der Waals surface area contributed by atoms with Crippen molar-refractivity contribution in [1.29, 1.82) is 0 Å². The van der Waals surface area contributed by atoms with Crippen LogP contribution in [0.1, 0.15) is 33.1 Å². The fourth-order valence-electron chi connectivity index (χ4n) is 2.33. The van der Waals surface area contributed by atoms with Gasteiger partial charge in [0.15, 0.2) is 0 Å². The fraction of sp³-hybridized carbons (Fsp3) is 0.706. The molecule has 0 bridgehead atoms. The van der Waals surface area contributed by atoms with E-state index in [1.54, 1.807) is 13.8 Å². The second kappa shape index (κ2) is 13.8. The Morgan fingerprint density at radius 1 is 0.931 bits per heavy atom. The zero-order chi connectivity index (χ0) is 22.6. The van der Waals surface area contributed by atoms with E-state index in [0.717, 1.165) is 0 Å². The molecule has 0 radical (unpaired) electrons. The lowest BCUT2D eigenvalue weighted by atomic mass is 10.0. The summed E-state index contributed by atoms with van der Waals surface area (Å²) in [5.74, 6) is -4.19. The summed E-state index contributed by atoms with van der Waals surface area (Å²) in [5, 5.41) is 25.2. The van der Waals surface area contributed by atoms with Gasteiger partial charge >= 0.3 is 11.9 Å². The molecule has 0 saturated heterocycles. The molecule has 0 aromatic heterocycles. The van der Waals surface area contributed by atoms with Crippen molar-refractivity contribution < 1.29 is 34.2 Å². The topological polar surface area (TPSA) is 188 Å². The van der Waals surface area contributed by atoms with Crippen LogP contribution in [0.2, 0.25) is 0 Å². The number of rotatable bonds is 14. The monoisotopic (exact) mass is 434 g/mol. The van der Waals surface area contributed by atoms with Gasteiger partial charge in [0, 0.05) is 6.42 Å². The number of hydrogen-bond acceptors (Lipinski definition) is 7. The van der Waals surface area contributed by atoms with E-state index in [9.17, 15) is 29.1 Å². The number of hydrogen-bond donors (Lipinski definition) is 6. The second-order valence-electron chi connectivity index (χ2n) is 6.67. The van der Waals surface area contributed by atoms with Crippen LogP contribution in [0.4, 0.5) is 0 Å². The summed E-state index contributed by atoms with van der Waals surface area (Å²) in [4.78, 5) is 58.7. The molecule has 12 heteroatoms. The first-order valence-corrected chi connectivity index (χ1v) is 10.5. The summed E-state index contributed by atoms with van der Waals surface area (Å²) in [6, 6.07) is -3.36. The number of thioether (sulfide) groups is 1. The van der Waals surface area contributed by atoms with E-state index < -0.39 is 54.2 Å². The first kappa shape index (κ1) is 26.7. The number of aliphatic carboxylic acids is 2. The zero-order valence-corrected chi connectivity index (χ0v) is 17.6. The third-order valence-corrected chi connectivity index (χ3v) is 4.60. The normalized spacial score (nSPS) is 13.8. The molecular weight excluding hydrogens is 404 g/mol. The number of amides is 3. The third kappa shape index (κ3) is 10.7. The molecule has 3 amide bonds. The highest BCUT2D eigenvalue weighted by Gasteiger charge is 2.30. The highest BCUT2D eigenvalue weighted by atomic mass is 32.2. The van der Waals surface area contributed by atoms with E-state index in [-0.39, 0.29) is 25.3 Å². The van der Waals surface area contributed by atoms with Crippen molar-refractivity contribution in [3.05, 3.63) is 0 Å². The van der Waals surface area contributed by atoms with Crippen LogP contribution in [-0.2, 0) is 24.0 Å². The maximum absolute atomic E-state index is 12.6. The highest BCUT2D eigenvalue weighted by molar-refractivity contribution is 7.98. The number of nitrogens with one attached hydrogen (secondary N) is 3. The van der Waals surface area contributed by atoms with Gasteiger partial charge in [-0.3, -0.25) is 19.2 Å². The molecule has 0 aromatic rings. The van der Waals surface area contributed by atoms with Crippen LogP contribution in [0.25, 0.3) is 0 Å². The molecule has 0 rings (SSSR count). The Labute approximate surface area is 173 Å². The average molecular weight is 435 g/mol. The molecule has 3 atom stereocenters. The molecule has 7 N–H and O–H groups in total. The number of carboxylic acids is 2. The Morgan fingerprint density at radius 2 is 1.52 bits per heavy atom. The van der Waals surface area contributed by atoms with Crippen LogP contribution in [0.3, 0.4) is 0 Å². The Hall–Kier alpha value is -2.34. The van der Waals surface area contributed by atoms with Crippen LogP contribution in [0.15, 0.2) is 0 Å².